The maximum atomic E-state index is 12.5. The zero-order valence-electron chi connectivity index (χ0n) is 18.5. The Bertz CT molecular complexity index is 1510. The second-order valence-electron chi connectivity index (χ2n) is 7.82. The number of carbonyl (C=O) groups is 1. The number of furan rings is 1. The van der Waals surface area contributed by atoms with Gasteiger partial charge in [-0.15, -0.1) is 11.3 Å². The number of nitrogens with zero attached hydrogens (tertiary/aromatic N) is 1. The van der Waals surface area contributed by atoms with Crippen LogP contribution >= 0.6 is 11.3 Å². The predicted molar refractivity (Wildman–Crippen MR) is 135 cm³/mol. The largest absolute Gasteiger partial charge is 0.496 e. The van der Waals surface area contributed by atoms with Gasteiger partial charge in [0.1, 0.15) is 11.3 Å². The first kappa shape index (κ1) is 21.0. The molecule has 5 nitrogen and oxygen atoms in total. The van der Waals surface area contributed by atoms with E-state index in [-0.39, 0.29) is 5.91 Å². The lowest BCUT2D eigenvalue weighted by atomic mass is 9.95. The molecule has 0 saturated heterocycles. The fraction of sp³-hybridized carbons (Fsp3) is 0.111. The van der Waals surface area contributed by atoms with Gasteiger partial charge in [0.05, 0.1) is 13.4 Å². The van der Waals surface area contributed by atoms with Crippen LogP contribution in [0.25, 0.3) is 38.4 Å². The number of thiazole rings is 1. The molecule has 33 heavy (non-hydrogen) atoms. The smallest absolute Gasteiger partial charge is 0.250 e. The summed E-state index contributed by atoms with van der Waals surface area (Å²) >= 11 is 1.38. The second kappa shape index (κ2) is 8.56. The molecule has 6 heteroatoms. The highest BCUT2D eigenvalue weighted by Crippen LogP contribution is 2.41. The lowest BCUT2D eigenvalue weighted by molar-refractivity contribution is -0.111. The fourth-order valence-corrected chi connectivity index (χ4v) is 4.69. The average Bonchev–Trinajstić information content (AvgIpc) is 3.48. The number of amides is 1. The van der Waals surface area contributed by atoms with E-state index in [9.17, 15) is 4.79 Å². The molecule has 0 aliphatic carbocycles. The molecule has 0 bridgehead atoms. The van der Waals surface area contributed by atoms with Crippen molar-refractivity contribution in [2.24, 2.45) is 0 Å². The standard InChI is InChI=1S/C27H22N2O3S/c1-16(12-24(30)29-27-28-10-11-33-27)21-14-22-23(15-32-26(22)17(2)25(21)31-3)20-9-8-18-6-4-5-7-19(18)13-20/h4-15H,1-3H3,(H,28,29,30)/b16-12+. The Hall–Kier alpha value is -3.90. The van der Waals surface area contributed by atoms with Crippen molar-refractivity contribution in [3.05, 3.63) is 83.6 Å². The van der Waals surface area contributed by atoms with E-state index in [1.165, 1.54) is 22.1 Å². The molecule has 1 amide bonds. The first-order chi connectivity index (χ1) is 16.0. The molecule has 5 rings (SSSR count). The molecule has 3 aromatic carbocycles. The average molecular weight is 455 g/mol. The highest BCUT2D eigenvalue weighted by atomic mass is 32.1. The van der Waals surface area contributed by atoms with E-state index in [4.69, 9.17) is 9.15 Å². The van der Waals surface area contributed by atoms with Gasteiger partial charge in [0.2, 0.25) is 5.91 Å². The van der Waals surface area contributed by atoms with E-state index in [2.05, 4.69) is 40.6 Å². The van der Waals surface area contributed by atoms with Crippen molar-refractivity contribution in [2.75, 3.05) is 12.4 Å². The Morgan fingerprint density at radius 2 is 1.97 bits per heavy atom. The number of rotatable bonds is 5. The summed E-state index contributed by atoms with van der Waals surface area (Å²) in [5.74, 6) is 0.460. The summed E-state index contributed by atoms with van der Waals surface area (Å²) in [6.45, 7) is 3.88. The van der Waals surface area contributed by atoms with Crippen molar-refractivity contribution in [3.63, 3.8) is 0 Å². The van der Waals surface area contributed by atoms with Gasteiger partial charge in [0, 0.05) is 39.7 Å². The third-order valence-electron chi connectivity index (χ3n) is 5.74. The van der Waals surface area contributed by atoms with Crippen molar-refractivity contribution in [3.8, 4) is 16.9 Å². The summed E-state index contributed by atoms with van der Waals surface area (Å²) in [5.41, 5.74) is 5.38. The van der Waals surface area contributed by atoms with E-state index in [1.807, 2.05) is 37.4 Å². The summed E-state index contributed by atoms with van der Waals surface area (Å²) in [5, 5.41) is 8.52. The molecule has 2 heterocycles. The summed E-state index contributed by atoms with van der Waals surface area (Å²) in [6, 6.07) is 16.7. The molecule has 0 radical (unpaired) electrons. The topological polar surface area (TPSA) is 64.4 Å². The molecule has 1 N–H and O–H groups in total. The molecule has 0 fully saturated rings. The van der Waals surface area contributed by atoms with Crippen molar-refractivity contribution < 1.29 is 13.9 Å². The Labute approximate surface area is 195 Å². The van der Waals surface area contributed by atoms with Crippen LogP contribution in [-0.2, 0) is 4.79 Å². The van der Waals surface area contributed by atoms with Gasteiger partial charge in [-0.25, -0.2) is 4.98 Å². The molecule has 2 aromatic heterocycles. The first-order valence-electron chi connectivity index (χ1n) is 10.5. The van der Waals surface area contributed by atoms with E-state index in [0.29, 0.717) is 10.9 Å². The summed E-state index contributed by atoms with van der Waals surface area (Å²) in [4.78, 5) is 16.6. The van der Waals surface area contributed by atoms with Crippen molar-refractivity contribution in [1.82, 2.24) is 4.98 Å². The van der Waals surface area contributed by atoms with Gasteiger partial charge in [-0.2, -0.15) is 0 Å². The minimum atomic E-state index is -0.232. The lowest BCUT2D eigenvalue weighted by Gasteiger charge is -2.13. The molecule has 164 valence electrons. The number of benzene rings is 3. The SMILES string of the molecule is COc1c(/C(C)=C/C(=O)Nc2nccs2)cc2c(-c3ccc4ccccc4c3)coc2c1C. The number of anilines is 1. The van der Waals surface area contributed by atoms with Crippen LogP contribution in [0.1, 0.15) is 18.1 Å². The van der Waals surface area contributed by atoms with Crippen LogP contribution in [0.5, 0.6) is 5.75 Å². The molecular weight excluding hydrogens is 432 g/mol. The maximum absolute atomic E-state index is 12.5. The van der Waals surface area contributed by atoms with Crippen LogP contribution in [0, 0.1) is 6.92 Å². The maximum Gasteiger partial charge on any atom is 0.250 e. The number of hydrogen-bond acceptors (Lipinski definition) is 5. The van der Waals surface area contributed by atoms with E-state index >= 15 is 0 Å². The minimum Gasteiger partial charge on any atom is -0.496 e. The molecular formula is C27H22N2O3S. The van der Waals surface area contributed by atoms with Crippen molar-refractivity contribution >= 4 is 49.7 Å². The number of carbonyl (C=O) groups excluding carboxylic acids is 1. The van der Waals surface area contributed by atoms with Crippen LogP contribution in [0.2, 0.25) is 0 Å². The van der Waals surface area contributed by atoms with Crippen LogP contribution in [0.4, 0.5) is 5.13 Å². The van der Waals surface area contributed by atoms with Gasteiger partial charge < -0.3 is 9.15 Å². The second-order valence-corrected chi connectivity index (χ2v) is 8.72. The lowest BCUT2D eigenvalue weighted by Crippen LogP contribution is -2.08. The number of aryl methyl sites for hydroxylation is 1. The summed E-state index contributed by atoms with van der Waals surface area (Å²) in [6.07, 6.45) is 5.02. The van der Waals surface area contributed by atoms with Gasteiger partial charge >= 0.3 is 0 Å². The molecule has 0 atom stereocenters. The number of aromatic nitrogens is 1. The quantitative estimate of drug-likeness (QED) is 0.289. The number of fused-ring (bicyclic) bond motifs is 2. The van der Waals surface area contributed by atoms with Gasteiger partial charge in [0.15, 0.2) is 5.13 Å². The minimum absolute atomic E-state index is 0.232. The Kier molecular flexibility index (Phi) is 5.44. The third-order valence-corrected chi connectivity index (χ3v) is 6.43. The van der Waals surface area contributed by atoms with Gasteiger partial charge in [-0.1, -0.05) is 36.4 Å². The Balaban J connectivity index is 1.61. The molecule has 0 saturated carbocycles. The molecule has 0 unspecified atom stereocenters. The van der Waals surface area contributed by atoms with E-state index in [1.54, 1.807) is 25.6 Å². The summed E-state index contributed by atoms with van der Waals surface area (Å²) in [7, 11) is 1.63. The summed E-state index contributed by atoms with van der Waals surface area (Å²) < 4.78 is 11.7. The number of methoxy groups -OCH3 is 1. The number of nitrogens with one attached hydrogen (secondary N) is 1. The zero-order chi connectivity index (χ0) is 22.9. The highest BCUT2D eigenvalue weighted by Gasteiger charge is 2.19. The van der Waals surface area contributed by atoms with Crippen molar-refractivity contribution in [2.45, 2.75) is 13.8 Å². The van der Waals surface area contributed by atoms with Gasteiger partial charge in [0.25, 0.3) is 0 Å². The molecule has 5 aromatic rings. The number of allylic oxidation sites excluding steroid dienone is 1. The predicted octanol–water partition coefficient (Wildman–Crippen LogP) is 7.07. The van der Waals surface area contributed by atoms with E-state index < -0.39 is 0 Å². The third kappa shape index (κ3) is 3.90. The molecule has 0 spiro atoms. The fourth-order valence-electron chi connectivity index (χ4n) is 4.15. The monoisotopic (exact) mass is 454 g/mol. The van der Waals surface area contributed by atoms with Gasteiger partial charge in [-0.3, -0.25) is 10.1 Å². The van der Waals surface area contributed by atoms with Crippen LogP contribution in [0.3, 0.4) is 0 Å². The highest BCUT2D eigenvalue weighted by molar-refractivity contribution is 7.13. The molecule has 0 aliphatic heterocycles. The number of ether oxygens (including phenoxy) is 1. The zero-order valence-corrected chi connectivity index (χ0v) is 19.3. The van der Waals surface area contributed by atoms with Crippen LogP contribution in [0.15, 0.2) is 76.9 Å². The normalized spacial score (nSPS) is 11.8. The Morgan fingerprint density at radius 1 is 1.15 bits per heavy atom. The van der Waals surface area contributed by atoms with E-state index in [0.717, 1.165) is 38.8 Å². The Morgan fingerprint density at radius 3 is 2.73 bits per heavy atom. The number of hydrogen-bond donors (Lipinski definition) is 1. The van der Waals surface area contributed by atoms with Crippen LogP contribution < -0.4 is 10.1 Å². The first-order valence-corrected chi connectivity index (χ1v) is 11.4. The van der Waals surface area contributed by atoms with Crippen molar-refractivity contribution in [1.29, 1.82) is 0 Å². The molecule has 0 aliphatic rings. The van der Waals surface area contributed by atoms with Crippen LogP contribution in [-0.4, -0.2) is 18.0 Å². The van der Waals surface area contributed by atoms with Gasteiger partial charge in [-0.05, 0) is 47.9 Å².